The summed E-state index contributed by atoms with van der Waals surface area (Å²) in [6, 6.07) is 8.48. The number of aromatic nitrogens is 1. The van der Waals surface area contributed by atoms with Gasteiger partial charge in [-0.3, -0.25) is 24.6 Å². The van der Waals surface area contributed by atoms with Gasteiger partial charge in [0.15, 0.2) is 5.13 Å². The van der Waals surface area contributed by atoms with Crippen LogP contribution >= 0.6 is 22.7 Å². The highest BCUT2D eigenvalue weighted by Crippen LogP contribution is 2.31. The Morgan fingerprint density at radius 1 is 1.07 bits per heavy atom. The molecule has 1 N–H and O–H groups in total. The topological polar surface area (TPSA) is 79.4 Å². The van der Waals surface area contributed by atoms with E-state index >= 15 is 0 Å². The second-order valence-electron chi connectivity index (χ2n) is 7.35. The van der Waals surface area contributed by atoms with Crippen LogP contribution in [-0.2, 0) is 0 Å². The van der Waals surface area contributed by atoms with Crippen LogP contribution in [0.1, 0.15) is 51.8 Å². The van der Waals surface area contributed by atoms with Gasteiger partial charge in [-0.1, -0.05) is 6.07 Å². The first-order chi connectivity index (χ1) is 13.3. The highest BCUT2D eigenvalue weighted by Gasteiger charge is 2.42. The van der Waals surface area contributed by atoms with E-state index in [1.54, 1.807) is 38.2 Å². The van der Waals surface area contributed by atoms with Crippen LogP contribution in [0, 0.1) is 0 Å². The third-order valence-corrected chi connectivity index (χ3v) is 5.97. The predicted octanol–water partition coefficient (Wildman–Crippen LogP) is 4.52. The van der Waals surface area contributed by atoms with Crippen LogP contribution in [0.25, 0.3) is 10.6 Å². The van der Waals surface area contributed by atoms with Gasteiger partial charge in [-0.15, -0.1) is 22.7 Å². The van der Waals surface area contributed by atoms with Crippen LogP contribution in [0.15, 0.2) is 41.1 Å². The lowest BCUT2D eigenvalue weighted by Crippen LogP contribution is -2.45. The Balaban J connectivity index is 1.57. The summed E-state index contributed by atoms with van der Waals surface area (Å²) >= 11 is 2.91. The first kappa shape index (κ1) is 18.5. The molecule has 0 unspecified atom stereocenters. The van der Waals surface area contributed by atoms with Crippen LogP contribution in [0.3, 0.4) is 0 Å². The number of carbonyl (C=O) groups is 3. The van der Waals surface area contributed by atoms with Gasteiger partial charge in [0.05, 0.1) is 21.7 Å². The smallest absolute Gasteiger partial charge is 0.262 e. The molecule has 1 aliphatic rings. The van der Waals surface area contributed by atoms with Crippen molar-refractivity contribution in [3.8, 4) is 10.6 Å². The normalized spacial score (nSPS) is 13.8. The Labute approximate surface area is 169 Å². The van der Waals surface area contributed by atoms with Crippen LogP contribution < -0.4 is 5.32 Å². The molecule has 0 saturated carbocycles. The highest BCUT2D eigenvalue weighted by molar-refractivity contribution is 7.16. The minimum absolute atomic E-state index is 0.256. The Morgan fingerprint density at radius 2 is 1.82 bits per heavy atom. The van der Waals surface area contributed by atoms with Gasteiger partial charge in [-0.25, -0.2) is 4.98 Å². The summed E-state index contributed by atoms with van der Waals surface area (Å²) in [6.07, 6.45) is 0. The van der Waals surface area contributed by atoms with Crippen molar-refractivity contribution in [3.63, 3.8) is 0 Å². The molecule has 28 heavy (non-hydrogen) atoms. The molecule has 0 atom stereocenters. The Bertz CT molecular complexity index is 1090. The fourth-order valence-electron chi connectivity index (χ4n) is 3.03. The lowest BCUT2D eigenvalue weighted by Gasteiger charge is -2.29. The molecule has 0 spiro atoms. The predicted molar refractivity (Wildman–Crippen MR) is 110 cm³/mol. The van der Waals surface area contributed by atoms with E-state index < -0.39 is 5.54 Å². The highest BCUT2D eigenvalue weighted by atomic mass is 32.1. The molecule has 1 aliphatic heterocycles. The molecule has 0 aliphatic carbocycles. The molecule has 0 fully saturated rings. The second-order valence-corrected chi connectivity index (χ2v) is 9.15. The summed E-state index contributed by atoms with van der Waals surface area (Å²) in [5.74, 6) is -1.08. The molecule has 142 valence electrons. The first-order valence-corrected chi connectivity index (χ1v) is 10.4. The Hall–Kier alpha value is -2.84. The van der Waals surface area contributed by atoms with E-state index in [1.165, 1.54) is 28.4 Å². The number of nitrogens with zero attached hydrogens (tertiary/aromatic N) is 2. The maximum atomic E-state index is 12.7. The number of nitrogens with one attached hydrogen (secondary N) is 1. The van der Waals surface area contributed by atoms with Crippen molar-refractivity contribution in [2.75, 3.05) is 5.32 Å². The first-order valence-electron chi connectivity index (χ1n) is 8.59. The molecule has 0 radical (unpaired) electrons. The van der Waals surface area contributed by atoms with Crippen molar-refractivity contribution in [1.29, 1.82) is 0 Å². The van der Waals surface area contributed by atoms with Crippen LogP contribution in [0.5, 0.6) is 0 Å². The number of anilines is 1. The monoisotopic (exact) mass is 411 g/mol. The van der Waals surface area contributed by atoms with Crippen molar-refractivity contribution < 1.29 is 14.4 Å². The molecule has 0 saturated heterocycles. The molecule has 2 aromatic heterocycles. The molecule has 3 amide bonds. The van der Waals surface area contributed by atoms with Gasteiger partial charge in [0.25, 0.3) is 17.7 Å². The number of imide groups is 1. The molecule has 3 heterocycles. The molecule has 8 heteroatoms. The van der Waals surface area contributed by atoms with Crippen LogP contribution in [0.2, 0.25) is 0 Å². The van der Waals surface area contributed by atoms with Gasteiger partial charge in [0, 0.05) is 16.5 Å². The van der Waals surface area contributed by atoms with Gasteiger partial charge in [0.2, 0.25) is 0 Å². The van der Waals surface area contributed by atoms with E-state index in [-0.39, 0.29) is 23.3 Å². The van der Waals surface area contributed by atoms with E-state index in [1.807, 2.05) is 22.9 Å². The molecular weight excluding hydrogens is 394 g/mol. The number of hydrogen-bond donors (Lipinski definition) is 1. The summed E-state index contributed by atoms with van der Waals surface area (Å²) in [5.41, 5.74) is 1.07. The van der Waals surface area contributed by atoms with Gasteiger partial charge in [-0.2, -0.15) is 0 Å². The third kappa shape index (κ3) is 3.14. The summed E-state index contributed by atoms with van der Waals surface area (Å²) in [4.78, 5) is 44.5. The summed E-state index contributed by atoms with van der Waals surface area (Å²) in [6.45, 7) is 5.40. The maximum absolute atomic E-state index is 12.7. The van der Waals surface area contributed by atoms with E-state index in [2.05, 4.69) is 10.3 Å². The van der Waals surface area contributed by atoms with Gasteiger partial charge >= 0.3 is 0 Å². The maximum Gasteiger partial charge on any atom is 0.262 e. The fraction of sp³-hybridized carbons (Fsp3) is 0.200. The standard InChI is InChI=1S/C20H17N3O3S2/c1-20(2,3)23-17(25)12-7-6-11(9-13(12)18(23)26)16(24)22-19-21-14(10-28-19)15-5-4-8-27-15/h4-10H,1-3H3,(H,21,22,24). The molecule has 4 rings (SSSR count). The SMILES string of the molecule is CC(C)(C)N1C(=O)c2ccc(C(=O)Nc3nc(-c4cccs4)cs3)cc2C1=O. The van der Waals surface area contributed by atoms with Gasteiger partial charge in [-0.05, 0) is 50.4 Å². The number of thiazole rings is 1. The van der Waals surface area contributed by atoms with E-state index in [0.29, 0.717) is 16.3 Å². The zero-order valence-corrected chi connectivity index (χ0v) is 17.1. The van der Waals surface area contributed by atoms with Gasteiger partial charge < -0.3 is 0 Å². The van der Waals surface area contributed by atoms with Gasteiger partial charge in [0.1, 0.15) is 0 Å². The number of carbonyl (C=O) groups excluding carboxylic acids is 3. The van der Waals surface area contributed by atoms with E-state index in [9.17, 15) is 14.4 Å². The quantitative estimate of drug-likeness (QED) is 0.643. The lowest BCUT2D eigenvalue weighted by molar-refractivity contribution is 0.0507. The average Bonchev–Trinajstić information content (AvgIpc) is 3.35. The number of fused-ring (bicyclic) bond motifs is 1. The van der Waals surface area contributed by atoms with E-state index in [4.69, 9.17) is 0 Å². The minimum Gasteiger partial charge on any atom is -0.298 e. The molecular formula is C20H17N3O3S2. The summed E-state index contributed by atoms with van der Waals surface area (Å²) in [5, 5.41) is 7.09. The Kier molecular flexibility index (Phi) is 4.40. The number of hydrogen-bond acceptors (Lipinski definition) is 6. The van der Waals surface area contributed by atoms with Crippen LogP contribution in [-0.4, -0.2) is 33.1 Å². The number of rotatable bonds is 3. The molecule has 1 aromatic carbocycles. The summed E-state index contributed by atoms with van der Waals surface area (Å²) < 4.78 is 0. The fourth-order valence-corrected chi connectivity index (χ4v) is 4.50. The molecule has 3 aromatic rings. The summed E-state index contributed by atoms with van der Waals surface area (Å²) in [7, 11) is 0. The zero-order chi connectivity index (χ0) is 20.1. The van der Waals surface area contributed by atoms with Crippen molar-refractivity contribution in [1.82, 2.24) is 9.88 Å². The number of thiophene rings is 1. The van der Waals surface area contributed by atoms with Crippen molar-refractivity contribution in [3.05, 3.63) is 57.8 Å². The van der Waals surface area contributed by atoms with Crippen molar-refractivity contribution in [2.24, 2.45) is 0 Å². The zero-order valence-electron chi connectivity index (χ0n) is 15.5. The number of amides is 3. The van der Waals surface area contributed by atoms with Crippen molar-refractivity contribution >= 4 is 45.5 Å². The largest absolute Gasteiger partial charge is 0.298 e. The second kappa shape index (κ2) is 6.65. The van der Waals surface area contributed by atoms with E-state index in [0.717, 1.165) is 10.6 Å². The molecule has 0 bridgehead atoms. The third-order valence-electron chi connectivity index (χ3n) is 4.32. The van der Waals surface area contributed by atoms with Crippen molar-refractivity contribution in [2.45, 2.75) is 26.3 Å². The molecule has 6 nitrogen and oxygen atoms in total. The average molecular weight is 412 g/mol. The minimum atomic E-state index is -0.630. The lowest BCUT2D eigenvalue weighted by atomic mass is 10.1. The van der Waals surface area contributed by atoms with Crippen LogP contribution in [0.4, 0.5) is 5.13 Å². The Morgan fingerprint density at radius 3 is 2.50 bits per heavy atom. The number of benzene rings is 1.